The van der Waals surface area contributed by atoms with Crippen LogP contribution >= 0.6 is 0 Å². The quantitative estimate of drug-likeness (QED) is 0.516. The summed E-state index contributed by atoms with van der Waals surface area (Å²) in [5.41, 5.74) is 0. The van der Waals surface area contributed by atoms with Gasteiger partial charge in [-0.3, -0.25) is 9.80 Å². The van der Waals surface area contributed by atoms with Gasteiger partial charge in [0, 0.05) is 6.54 Å². The summed E-state index contributed by atoms with van der Waals surface area (Å²) in [6.45, 7) is 5.01. The Balaban J connectivity index is 2.46. The minimum atomic E-state index is 0.111. The molecule has 3 heteroatoms. The zero-order valence-corrected chi connectivity index (χ0v) is 6.54. The monoisotopic (exact) mass is 139 g/mol. The lowest BCUT2D eigenvalue weighted by Gasteiger charge is -2.10. The van der Waals surface area contributed by atoms with Crippen LogP contribution in [0.4, 0.5) is 0 Å². The van der Waals surface area contributed by atoms with Crippen molar-refractivity contribution in [2.24, 2.45) is 0 Å². The standard InChI is InChI=1S/C7H13N3/c1-3-10-5-7(4-8)9(2)6-10/h7H,3,5-6H2,1-2H3. The first-order valence-electron chi connectivity index (χ1n) is 3.60. The van der Waals surface area contributed by atoms with E-state index in [0.29, 0.717) is 0 Å². The lowest BCUT2D eigenvalue weighted by atomic mass is 10.3. The van der Waals surface area contributed by atoms with Crippen LogP contribution in [0.3, 0.4) is 0 Å². The van der Waals surface area contributed by atoms with E-state index in [-0.39, 0.29) is 6.04 Å². The fourth-order valence-electron chi connectivity index (χ4n) is 1.22. The number of rotatable bonds is 1. The normalized spacial score (nSPS) is 28.7. The predicted octanol–water partition coefficient (Wildman–Crippen LogP) is 0.103. The van der Waals surface area contributed by atoms with Crippen molar-refractivity contribution in [2.45, 2.75) is 13.0 Å². The van der Waals surface area contributed by atoms with Crippen molar-refractivity contribution in [3.63, 3.8) is 0 Å². The van der Waals surface area contributed by atoms with Crippen LogP contribution in [-0.4, -0.2) is 42.6 Å². The summed E-state index contributed by atoms with van der Waals surface area (Å²) >= 11 is 0. The van der Waals surface area contributed by atoms with Gasteiger partial charge in [-0.05, 0) is 13.6 Å². The van der Waals surface area contributed by atoms with Gasteiger partial charge in [0.25, 0.3) is 0 Å². The predicted molar refractivity (Wildman–Crippen MR) is 39.3 cm³/mol. The summed E-state index contributed by atoms with van der Waals surface area (Å²) < 4.78 is 0. The largest absolute Gasteiger partial charge is 0.288 e. The first kappa shape index (κ1) is 7.52. The molecule has 10 heavy (non-hydrogen) atoms. The van der Waals surface area contributed by atoms with Crippen LogP contribution < -0.4 is 0 Å². The molecule has 56 valence electrons. The highest BCUT2D eigenvalue weighted by molar-refractivity contribution is 4.96. The lowest BCUT2D eigenvalue weighted by molar-refractivity contribution is 0.279. The van der Waals surface area contributed by atoms with E-state index >= 15 is 0 Å². The molecule has 0 aromatic carbocycles. The molecular formula is C7H13N3. The molecule has 0 aliphatic carbocycles. The van der Waals surface area contributed by atoms with Crippen molar-refractivity contribution in [1.82, 2.24) is 9.80 Å². The van der Waals surface area contributed by atoms with E-state index < -0.39 is 0 Å². The van der Waals surface area contributed by atoms with Crippen molar-refractivity contribution < 1.29 is 0 Å². The molecule has 0 aromatic rings. The summed E-state index contributed by atoms with van der Waals surface area (Å²) in [4.78, 5) is 4.33. The molecule has 1 heterocycles. The second kappa shape index (κ2) is 3.00. The van der Waals surface area contributed by atoms with Crippen LogP contribution in [-0.2, 0) is 0 Å². The molecule has 0 amide bonds. The van der Waals surface area contributed by atoms with Gasteiger partial charge in [0.1, 0.15) is 6.04 Å². The Hall–Kier alpha value is -0.590. The van der Waals surface area contributed by atoms with Gasteiger partial charge in [-0.15, -0.1) is 0 Å². The number of likely N-dealkylation sites (N-methyl/N-ethyl adjacent to an activating group) is 2. The molecule has 0 N–H and O–H groups in total. The van der Waals surface area contributed by atoms with Crippen LogP contribution in [0.15, 0.2) is 0 Å². The van der Waals surface area contributed by atoms with Crippen molar-refractivity contribution in [2.75, 3.05) is 26.8 Å². The van der Waals surface area contributed by atoms with Crippen molar-refractivity contribution in [1.29, 1.82) is 5.26 Å². The third-order valence-electron chi connectivity index (χ3n) is 1.98. The number of hydrogen-bond acceptors (Lipinski definition) is 3. The van der Waals surface area contributed by atoms with Crippen LogP contribution in [0.1, 0.15) is 6.92 Å². The Kier molecular flexibility index (Phi) is 2.25. The van der Waals surface area contributed by atoms with Gasteiger partial charge < -0.3 is 0 Å². The van der Waals surface area contributed by atoms with Crippen molar-refractivity contribution in [3.05, 3.63) is 0 Å². The Morgan fingerprint density at radius 2 is 2.40 bits per heavy atom. The smallest absolute Gasteiger partial charge is 0.111 e. The van der Waals surface area contributed by atoms with Gasteiger partial charge in [0.15, 0.2) is 0 Å². The van der Waals surface area contributed by atoms with Gasteiger partial charge in [-0.25, -0.2) is 0 Å². The molecule has 0 bridgehead atoms. The highest BCUT2D eigenvalue weighted by Crippen LogP contribution is 2.08. The molecule has 0 aromatic heterocycles. The topological polar surface area (TPSA) is 30.3 Å². The molecule has 1 rings (SSSR count). The van der Waals surface area contributed by atoms with E-state index in [4.69, 9.17) is 5.26 Å². The first-order valence-corrected chi connectivity index (χ1v) is 3.60. The fraction of sp³-hybridized carbons (Fsp3) is 0.857. The molecule has 1 unspecified atom stereocenters. The van der Waals surface area contributed by atoms with Crippen LogP contribution in [0.2, 0.25) is 0 Å². The zero-order valence-electron chi connectivity index (χ0n) is 6.54. The molecule has 0 radical (unpaired) electrons. The van der Waals surface area contributed by atoms with Gasteiger partial charge in [0.05, 0.1) is 12.7 Å². The van der Waals surface area contributed by atoms with Crippen LogP contribution in [0.25, 0.3) is 0 Å². The summed E-state index contributed by atoms with van der Waals surface area (Å²) in [6.07, 6.45) is 0. The second-order valence-electron chi connectivity index (χ2n) is 2.71. The maximum absolute atomic E-state index is 8.63. The summed E-state index contributed by atoms with van der Waals surface area (Å²) in [5.74, 6) is 0. The highest BCUT2D eigenvalue weighted by Gasteiger charge is 2.25. The van der Waals surface area contributed by atoms with Gasteiger partial charge >= 0.3 is 0 Å². The Bertz CT molecular complexity index is 149. The Morgan fingerprint density at radius 3 is 2.70 bits per heavy atom. The Morgan fingerprint density at radius 1 is 1.70 bits per heavy atom. The van der Waals surface area contributed by atoms with E-state index in [1.807, 2.05) is 7.05 Å². The molecule has 1 aliphatic heterocycles. The van der Waals surface area contributed by atoms with Crippen molar-refractivity contribution >= 4 is 0 Å². The molecule has 1 atom stereocenters. The molecule has 1 fully saturated rings. The van der Waals surface area contributed by atoms with Gasteiger partial charge in [0.2, 0.25) is 0 Å². The molecule has 3 nitrogen and oxygen atoms in total. The zero-order chi connectivity index (χ0) is 7.56. The number of nitrogens with zero attached hydrogens (tertiary/aromatic N) is 3. The average molecular weight is 139 g/mol. The van der Waals surface area contributed by atoms with Gasteiger partial charge in [-0.1, -0.05) is 6.92 Å². The molecule has 1 aliphatic rings. The van der Waals surface area contributed by atoms with E-state index in [2.05, 4.69) is 22.8 Å². The SMILES string of the molecule is CCN1CC(C#N)N(C)C1. The molecule has 1 saturated heterocycles. The van der Waals surface area contributed by atoms with E-state index in [0.717, 1.165) is 19.8 Å². The average Bonchev–Trinajstić information content (AvgIpc) is 2.30. The summed E-state index contributed by atoms with van der Waals surface area (Å²) in [7, 11) is 1.99. The second-order valence-corrected chi connectivity index (χ2v) is 2.71. The van der Waals surface area contributed by atoms with Crippen LogP contribution in [0, 0.1) is 11.3 Å². The maximum Gasteiger partial charge on any atom is 0.111 e. The van der Waals surface area contributed by atoms with Crippen LogP contribution in [0.5, 0.6) is 0 Å². The number of hydrogen-bond donors (Lipinski definition) is 0. The molecule has 0 saturated carbocycles. The minimum Gasteiger partial charge on any atom is -0.288 e. The van der Waals surface area contributed by atoms with E-state index in [1.54, 1.807) is 0 Å². The third kappa shape index (κ3) is 1.28. The summed E-state index contributed by atoms with van der Waals surface area (Å²) in [6, 6.07) is 2.37. The maximum atomic E-state index is 8.63. The lowest BCUT2D eigenvalue weighted by Crippen LogP contribution is -2.24. The Labute approximate surface area is 61.8 Å². The first-order chi connectivity index (χ1) is 4.77. The van der Waals surface area contributed by atoms with Crippen molar-refractivity contribution in [3.8, 4) is 6.07 Å². The van der Waals surface area contributed by atoms with Gasteiger partial charge in [-0.2, -0.15) is 5.26 Å². The molecular weight excluding hydrogens is 126 g/mol. The minimum absolute atomic E-state index is 0.111. The summed E-state index contributed by atoms with van der Waals surface area (Å²) in [5, 5.41) is 8.63. The fourth-order valence-corrected chi connectivity index (χ4v) is 1.22. The number of nitriles is 1. The molecule has 0 spiro atoms. The van der Waals surface area contributed by atoms with E-state index in [9.17, 15) is 0 Å². The third-order valence-corrected chi connectivity index (χ3v) is 1.98. The van der Waals surface area contributed by atoms with E-state index in [1.165, 1.54) is 0 Å². The highest BCUT2D eigenvalue weighted by atomic mass is 15.4.